The fraction of sp³-hybridized carbons (Fsp3) is 0.167. The molecular weight excluding hydrogens is 352 g/mol. The Morgan fingerprint density at radius 1 is 0.679 bits per heavy atom. The number of carbonyl (C=O) groups is 2. The number of hydrogen-bond donors (Lipinski definition) is 0. The summed E-state index contributed by atoms with van der Waals surface area (Å²) in [6.07, 6.45) is -0.187. The molecule has 3 aromatic carbocycles. The number of ether oxygens (including phenoxy) is 2. The first kappa shape index (κ1) is 19.4. The molecule has 0 aromatic heterocycles. The first-order chi connectivity index (χ1) is 13.4. The van der Waals surface area contributed by atoms with E-state index in [0.29, 0.717) is 16.9 Å². The van der Waals surface area contributed by atoms with Gasteiger partial charge in [-0.1, -0.05) is 42.0 Å². The highest BCUT2D eigenvalue weighted by Gasteiger charge is 2.12. The van der Waals surface area contributed by atoms with Gasteiger partial charge in [-0.05, 0) is 68.3 Å². The molecule has 0 saturated heterocycles. The summed E-state index contributed by atoms with van der Waals surface area (Å²) < 4.78 is 10.5. The van der Waals surface area contributed by atoms with Gasteiger partial charge in [0.2, 0.25) is 0 Å². The number of esters is 2. The summed E-state index contributed by atoms with van der Waals surface area (Å²) in [7, 11) is 0. The van der Waals surface area contributed by atoms with E-state index in [0.717, 1.165) is 11.1 Å². The maximum absolute atomic E-state index is 12.4. The highest BCUT2D eigenvalue weighted by molar-refractivity contribution is 5.92. The van der Waals surface area contributed by atoms with Crippen molar-refractivity contribution in [3.63, 3.8) is 0 Å². The summed E-state index contributed by atoms with van der Waals surface area (Å²) in [4.78, 5) is 24.2. The highest BCUT2D eigenvalue weighted by Crippen LogP contribution is 2.21. The van der Waals surface area contributed by atoms with Crippen LogP contribution in [-0.4, -0.2) is 18.0 Å². The van der Waals surface area contributed by atoms with Crippen molar-refractivity contribution >= 4 is 11.9 Å². The van der Waals surface area contributed by atoms with Gasteiger partial charge in [-0.25, -0.2) is 9.59 Å². The average Bonchev–Trinajstić information content (AvgIpc) is 2.69. The first-order valence-electron chi connectivity index (χ1n) is 9.13. The van der Waals surface area contributed by atoms with Crippen LogP contribution in [0.2, 0.25) is 0 Å². The van der Waals surface area contributed by atoms with Crippen molar-refractivity contribution < 1.29 is 19.1 Å². The largest absolute Gasteiger partial charge is 0.459 e. The van der Waals surface area contributed by atoms with Crippen molar-refractivity contribution in [1.82, 2.24) is 0 Å². The molecule has 142 valence electrons. The van der Waals surface area contributed by atoms with E-state index in [1.165, 1.54) is 5.56 Å². The van der Waals surface area contributed by atoms with Gasteiger partial charge in [0.1, 0.15) is 5.75 Å². The number of hydrogen-bond acceptors (Lipinski definition) is 4. The summed E-state index contributed by atoms with van der Waals surface area (Å²) >= 11 is 0. The van der Waals surface area contributed by atoms with E-state index in [1.807, 2.05) is 19.1 Å². The Kier molecular flexibility index (Phi) is 5.90. The third-order valence-electron chi connectivity index (χ3n) is 4.15. The van der Waals surface area contributed by atoms with Crippen LogP contribution in [0, 0.1) is 6.92 Å². The van der Waals surface area contributed by atoms with E-state index in [9.17, 15) is 9.59 Å². The molecule has 0 N–H and O–H groups in total. The second kappa shape index (κ2) is 8.53. The van der Waals surface area contributed by atoms with Crippen LogP contribution >= 0.6 is 0 Å². The summed E-state index contributed by atoms with van der Waals surface area (Å²) in [6, 6.07) is 21.8. The quantitative estimate of drug-likeness (QED) is 0.440. The van der Waals surface area contributed by atoms with Gasteiger partial charge < -0.3 is 9.47 Å². The van der Waals surface area contributed by atoms with Crippen LogP contribution in [0.15, 0.2) is 72.8 Å². The van der Waals surface area contributed by atoms with Gasteiger partial charge in [-0.15, -0.1) is 0 Å². The zero-order valence-corrected chi connectivity index (χ0v) is 16.1. The van der Waals surface area contributed by atoms with Crippen molar-refractivity contribution in [2.45, 2.75) is 26.9 Å². The van der Waals surface area contributed by atoms with E-state index < -0.39 is 11.9 Å². The number of aryl methyl sites for hydroxylation is 1. The monoisotopic (exact) mass is 374 g/mol. The predicted octanol–water partition coefficient (Wildman–Crippen LogP) is 5.45. The van der Waals surface area contributed by atoms with E-state index in [4.69, 9.17) is 9.47 Å². The molecule has 0 aliphatic rings. The van der Waals surface area contributed by atoms with Crippen LogP contribution in [0.3, 0.4) is 0 Å². The highest BCUT2D eigenvalue weighted by atomic mass is 16.5. The molecule has 3 rings (SSSR count). The van der Waals surface area contributed by atoms with Gasteiger partial charge in [-0.3, -0.25) is 0 Å². The van der Waals surface area contributed by atoms with Gasteiger partial charge in [0, 0.05) is 0 Å². The molecule has 4 nitrogen and oxygen atoms in total. The minimum Gasteiger partial charge on any atom is -0.459 e. The Balaban J connectivity index is 1.66. The molecule has 0 heterocycles. The molecule has 3 aromatic rings. The number of carbonyl (C=O) groups excluding carboxylic acids is 2. The Bertz CT molecular complexity index is 953. The molecule has 0 radical (unpaired) electrons. The van der Waals surface area contributed by atoms with Gasteiger partial charge in [0.25, 0.3) is 0 Å². The van der Waals surface area contributed by atoms with Crippen LogP contribution < -0.4 is 4.74 Å². The zero-order valence-electron chi connectivity index (χ0n) is 16.1. The lowest BCUT2D eigenvalue weighted by Crippen LogP contribution is -2.12. The third kappa shape index (κ3) is 4.86. The van der Waals surface area contributed by atoms with E-state index in [-0.39, 0.29) is 6.10 Å². The summed E-state index contributed by atoms with van der Waals surface area (Å²) in [5, 5.41) is 0. The lowest BCUT2D eigenvalue weighted by Gasteiger charge is -2.09. The van der Waals surface area contributed by atoms with E-state index in [1.54, 1.807) is 50.2 Å². The third-order valence-corrected chi connectivity index (χ3v) is 4.15. The maximum Gasteiger partial charge on any atom is 0.343 e. The molecular formula is C24H22O4. The summed E-state index contributed by atoms with van der Waals surface area (Å²) in [5.74, 6) is -0.485. The molecule has 0 aliphatic heterocycles. The van der Waals surface area contributed by atoms with Gasteiger partial charge >= 0.3 is 11.9 Å². The first-order valence-corrected chi connectivity index (χ1v) is 9.13. The molecule has 0 amide bonds. The fourth-order valence-corrected chi connectivity index (χ4v) is 2.65. The molecule has 0 saturated carbocycles. The smallest absolute Gasteiger partial charge is 0.343 e. The topological polar surface area (TPSA) is 52.6 Å². The minimum absolute atomic E-state index is 0.187. The molecule has 0 unspecified atom stereocenters. The maximum atomic E-state index is 12.4. The van der Waals surface area contributed by atoms with E-state index in [2.05, 4.69) is 24.3 Å². The normalized spacial score (nSPS) is 10.6. The van der Waals surface area contributed by atoms with E-state index >= 15 is 0 Å². The average molecular weight is 374 g/mol. The summed E-state index contributed by atoms with van der Waals surface area (Å²) in [6.45, 7) is 5.62. The second-order valence-corrected chi connectivity index (χ2v) is 6.81. The minimum atomic E-state index is -0.451. The van der Waals surface area contributed by atoms with Crippen molar-refractivity contribution in [3.05, 3.63) is 89.5 Å². The van der Waals surface area contributed by atoms with Crippen LogP contribution in [0.25, 0.3) is 11.1 Å². The molecule has 0 fully saturated rings. The second-order valence-electron chi connectivity index (χ2n) is 6.81. The fourth-order valence-electron chi connectivity index (χ4n) is 2.65. The van der Waals surface area contributed by atoms with Gasteiger partial charge in [0.15, 0.2) is 0 Å². The molecule has 0 atom stereocenters. The summed E-state index contributed by atoms with van der Waals surface area (Å²) in [5.41, 5.74) is 4.20. The Morgan fingerprint density at radius 3 is 1.68 bits per heavy atom. The Labute approximate surface area is 164 Å². The number of rotatable bonds is 5. The van der Waals surface area contributed by atoms with Crippen molar-refractivity contribution in [2.24, 2.45) is 0 Å². The lowest BCUT2D eigenvalue weighted by atomic mass is 10.0. The standard InChI is InChI=1S/C24H22O4/c1-16(2)27-23(25)21-12-14-22(15-13-21)28-24(26)20-10-8-19(9-11-20)18-6-4-17(3)5-7-18/h4-16H,1-3H3. The number of benzene rings is 3. The molecule has 4 heteroatoms. The van der Waals surface area contributed by atoms with Crippen LogP contribution in [0.4, 0.5) is 0 Å². The van der Waals surface area contributed by atoms with Crippen LogP contribution in [0.5, 0.6) is 5.75 Å². The zero-order chi connectivity index (χ0) is 20.1. The Morgan fingerprint density at radius 2 is 1.14 bits per heavy atom. The van der Waals surface area contributed by atoms with Crippen LogP contribution in [-0.2, 0) is 4.74 Å². The molecule has 28 heavy (non-hydrogen) atoms. The predicted molar refractivity (Wildman–Crippen MR) is 109 cm³/mol. The SMILES string of the molecule is Cc1ccc(-c2ccc(C(=O)Oc3ccc(C(=O)OC(C)C)cc3)cc2)cc1. The lowest BCUT2D eigenvalue weighted by molar-refractivity contribution is 0.0378. The molecule has 0 spiro atoms. The molecule has 0 bridgehead atoms. The van der Waals surface area contributed by atoms with Crippen molar-refractivity contribution in [3.8, 4) is 16.9 Å². The van der Waals surface area contributed by atoms with Crippen molar-refractivity contribution in [2.75, 3.05) is 0 Å². The van der Waals surface area contributed by atoms with Gasteiger partial charge in [-0.2, -0.15) is 0 Å². The Hall–Kier alpha value is -3.40. The molecule has 0 aliphatic carbocycles. The van der Waals surface area contributed by atoms with Gasteiger partial charge in [0.05, 0.1) is 17.2 Å². The van der Waals surface area contributed by atoms with Crippen LogP contribution in [0.1, 0.15) is 40.1 Å². The van der Waals surface area contributed by atoms with Crippen molar-refractivity contribution in [1.29, 1.82) is 0 Å².